The lowest BCUT2D eigenvalue weighted by atomic mass is 10.1. The Hall–Kier alpha value is -3.09. The van der Waals surface area contributed by atoms with Gasteiger partial charge >= 0.3 is 0 Å². The van der Waals surface area contributed by atoms with Crippen molar-refractivity contribution in [3.63, 3.8) is 0 Å². The summed E-state index contributed by atoms with van der Waals surface area (Å²) in [5, 5.41) is 18.2. The minimum absolute atomic E-state index is 0.156. The summed E-state index contributed by atoms with van der Waals surface area (Å²) >= 11 is 0. The van der Waals surface area contributed by atoms with Crippen molar-refractivity contribution in [1.82, 2.24) is 19.6 Å². The monoisotopic (exact) mass is 381 g/mol. The Kier molecular flexibility index (Phi) is 6.13. The van der Waals surface area contributed by atoms with E-state index in [9.17, 15) is 9.90 Å². The van der Waals surface area contributed by atoms with Crippen LogP contribution in [0.5, 0.6) is 5.75 Å². The smallest absolute Gasteiger partial charge is 0.223 e. The Morgan fingerprint density at radius 2 is 1.75 bits per heavy atom. The summed E-state index contributed by atoms with van der Waals surface area (Å²) < 4.78 is 3.80. The zero-order valence-corrected chi connectivity index (χ0v) is 16.7. The number of rotatable bonds is 8. The zero-order valence-electron chi connectivity index (χ0n) is 16.7. The number of benzene rings is 1. The first-order chi connectivity index (χ1) is 13.5. The Balaban J connectivity index is 1.47. The number of anilines is 1. The molecule has 0 aliphatic carbocycles. The van der Waals surface area contributed by atoms with E-state index < -0.39 is 0 Å². The maximum absolute atomic E-state index is 11.4. The van der Waals surface area contributed by atoms with Crippen molar-refractivity contribution < 1.29 is 5.11 Å². The van der Waals surface area contributed by atoms with E-state index >= 15 is 0 Å². The fraction of sp³-hybridized carbons (Fsp3) is 0.381. The van der Waals surface area contributed by atoms with Crippen LogP contribution >= 0.6 is 0 Å². The van der Waals surface area contributed by atoms with E-state index in [2.05, 4.69) is 39.5 Å². The highest BCUT2D eigenvalue weighted by Gasteiger charge is 2.06. The maximum atomic E-state index is 11.4. The van der Waals surface area contributed by atoms with Crippen LogP contribution in [0.1, 0.15) is 25.0 Å². The SMILES string of the molecule is Cc1c(O)c(=O)ccn1CCCCCn1cc(-c2ccc(N(C)C)cc2)nn1. The lowest BCUT2D eigenvalue weighted by molar-refractivity contribution is 0.448. The molecule has 0 fully saturated rings. The van der Waals surface area contributed by atoms with E-state index in [0.29, 0.717) is 5.69 Å². The van der Waals surface area contributed by atoms with Crippen molar-refractivity contribution in [1.29, 1.82) is 0 Å². The Bertz CT molecular complexity index is 973. The van der Waals surface area contributed by atoms with Crippen LogP contribution in [-0.2, 0) is 13.1 Å². The second-order valence-corrected chi connectivity index (χ2v) is 7.18. The molecular weight excluding hydrogens is 354 g/mol. The van der Waals surface area contributed by atoms with Gasteiger partial charge in [0.2, 0.25) is 5.43 Å². The number of aryl methyl sites for hydroxylation is 2. The second-order valence-electron chi connectivity index (χ2n) is 7.18. The minimum atomic E-state index is -0.327. The topological polar surface area (TPSA) is 76.2 Å². The van der Waals surface area contributed by atoms with Gasteiger partial charge < -0.3 is 14.6 Å². The molecule has 0 saturated carbocycles. The van der Waals surface area contributed by atoms with Crippen molar-refractivity contribution in [3.05, 3.63) is 58.6 Å². The summed E-state index contributed by atoms with van der Waals surface area (Å²) in [7, 11) is 4.04. The van der Waals surface area contributed by atoms with Gasteiger partial charge in [-0.15, -0.1) is 5.10 Å². The molecule has 2 aromatic heterocycles. The highest BCUT2D eigenvalue weighted by Crippen LogP contribution is 2.20. The summed E-state index contributed by atoms with van der Waals surface area (Å²) in [6.07, 6.45) is 6.71. The molecule has 0 spiro atoms. The molecule has 0 unspecified atom stereocenters. The van der Waals surface area contributed by atoms with Gasteiger partial charge in [-0.2, -0.15) is 0 Å². The highest BCUT2D eigenvalue weighted by atomic mass is 16.3. The Labute approximate surface area is 164 Å². The van der Waals surface area contributed by atoms with Gasteiger partial charge in [0.1, 0.15) is 5.69 Å². The average molecular weight is 381 g/mol. The highest BCUT2D eigenvalue weighted by molar-refractivity contribution is 5.61. The molecule has 0 atom stereocenters. The van der Waals surface area contributed by atoms with Crippen LogP contribution in [-0.4, -0.2) is 38.8 Å². The van der Waals surface area contributed by atoms with Gasteiger partial charge in [-0.05, 0) is 38.3 Å². The van der Waals surface area contributed by atoms with Crippen LogP contribution in [0.4, 0.5) is 5.69 Å². The number of aromatic hydroxyl groups is 1. The van der Waals surface area contributed by atoms with E-state index in [0.717, 1.165) is 49.3 Å². The first-order valence-corrected chi connectivity index (χ1v) is 9.52. The summed E-state index contributed by atoms with van der Waals surface area (Å²) in [6, 6.07) is 9.68. The Morgan fingerprint density at radius 3 is 2.46 bits per heavy atom. The van der Waals surface area contributed by atoms with Crippen LogP contribution in [0, 0.1) is 6.92 Å². The molecule has 0 radical (unpaired) electrons. The van der Waals surface area contributed by atoms with Gasteiger partial charge in [0, 0.05) is 50.7 Å². The second kappa shape index (κ2) is 8.73. The van der Waals surface area contributed by atoms with E-state index in [4.69, 9.17) is 0 Å². The van der Waals surface area contributed by atoms with Crippen LogP contribution in [0.2, 0.25) is 0 Å². The van der Waals surface area contributed by atoms with Gasteiger partial charge in [0.15, 0.2) is 5.75 Å². The van der Waals surface area contributed by atoms with Gasteiger partial charge in [0.05, 0.1) is 11.9 Å². The molecule has 2 heterocycles. The van der Waals surface area contributed by atoms with Gasteiger partial charge in [-0.25, -0.2) is 0 Å². The number of aromatic nitrogens is 4. The van der Waals surface area contributed by atoms with Gasteiger partial charge in [0.25, 0.3) is 0 Å². The molecule has 1 N–H and O–H groups in total. The fourth-order valence-corrected chi connectivity index (χ4v) is 3.11. The van der Waals surface area contributed by atoms with Crippen molar-refractivity contribution in [2.45, 2.75) is 39.3 Å². The Morgan fingerprint density at radius 1 is 1.04 bits per heavy atom. The standard InChI is InChI=1S/C21H27N5O2/c1-16-21(28)20(27)11-14-25(16)12-5-4-6-13-26-15-19(22-23-26)17-7-9-18(10-8-17)24(2)3/h7-11,14-15,28H,4-6,12-13H2,1-3H3. The summed E-state index contributed by atoms with van der Waals surface area (Å²) in [5.41, 5.74) is 3.39. The van der Waals surface area contributed by atoms with Crippen molar-refractivity contribution in [2.24, 2.45) is 0 Å². The quantitative estimate of drug-likeness (QED) is 0.607. The third kappa shape index (κ3) is 4.60. The number of hydrogen-bond donors (Lipinski definition) is 1. The number of hydrogen-bond acceptors (Lipinski definition) is 5. The van der Waals surface area contributed by atoms with E-state index in [1.54, 1.807) is 13.1 Å². The predicted octanol–water partition coefficient (Wildman–Crippen LogP) is 3.06. The molecule has 0 bridgehead atoms. The van der Waals surface area contributed by atoms with Crippen molar-refractivity contribution >= 4 is 5.69 Å². The maximum Gasteiger partial charge on any atom is 0.223 e. The molecule has 3 aromatic rings. The van der Waals surface area contributed by atoms with Crippen molar-refractivity contribution in [2.75, 3.05) is 19.0 Å². The number of nitrogens with zero attached hydrogens (tertiary/aromatic N) is 5. The summed E-state index contributed by atoms with van der Waals surface area (Å²) in [6.45, 7) is 3.36. The number of pyridine rings is 1. The molecule has 0 saturated heterocycles. The lowest BCUT2D eigenvalue weighted by Crippen LogP contribution is -2.10. The zero-order chi connectivity index (χ0) is 20.1. The van der Waals surface area contributed by atoms with E-state index in [1.807, 2.05) is 29.5 Å². The van der Waals surface area contributed by atoms with Gasteiger partial charge in [-0.3, -0.25) is 9.48 Å². The first kappa shape index (κ1) is 19.7. The molecule has 0 amide bonds. The molecule has 148 valence electrons. The van der Waals surface area contributed by atoms with Crippen LogP contribution in [0.3, 0.4) is 0 Å². The molecule has 3 rings (SSSR count). The summed E-state index contributed by atoms with van der Waals surface area (Å²) in [5.74, 6) is -0.156. The molecule has 7 heteroatoms. The third-order valence-corrected chi connectivity index (χ3v) is 4.92. The van der Waals surface area contributed by atoms with Gasteiger partial charge in [-0.1, -0.05) is 17.3 Å². The van der Waals surface area contributed by atoms with E-state index in [1.165, 1.54) is 6.07 Å². The summed E-state index contributed by atoms with van der Waals surface area (Å²) in [4.78, 5) is 13.5. The minimum Gasteiger partial charge on any atom is -0.503 e. The molecule has 1 aromatic carbocycles. The predicted molar refractivity (Wildman–Crippen MR) is 111 cm³/mol. The molecular formula is C21H27N5O2. The normalized spacial score (nSPS) is 11.0. The number of unbranched alkanes of at least 4 members (excludes halogenated alkanes) is 2. The largest absolute Gasteiger partial charge is 0.503 e. The molecule has 0 aliphatic heterocycles. The van der Waals surface area contributed by atoms with Crippen LogP contribution in [0.15, 0.2) is 47.5 Å². The third-order valence-electron chi connectivity index (χ3n) is 4.92. The van der Waals surface area contributed by atoms with E-state index in [-0.39, 0.29) is 11.2 Å². The first-order valence-electron chi connectivity index (χ1n) is 9.52. The fourth-order valence-electron chi connectivity index (χ4n) is 3.11. The van der Waals surface area contributed by atoms with Crippen LogP contribution in [0.25, 0.3) is 11.3 Å². The molecule has 0 aliphatic rings. The van der Waals surface area contributed by atoms with Crippen LogP contribution < -0.4 is 10.3 Å². The lowest BCUT2D eigenvalue weighted by Gasteiger charge is -2.11. The average Bonchev–Trinajstić information content (AvgIpc) is 3.16. The molecule has 28 heavy (non-hydrogen) atoms. The van der Waals surface area contributed by atoms with Crippen molar-refractivity contribution in [3.8, 4) is 17.0 Å². The molecule has 7 nitrogen and oxygen atoms in total.